The first-order chi connectivity index (χ1) is 5.81. The molecule has 2 rings (SSSR count). The molecule has 1 aliphatic carbocycles. The van der Waals surface area contributed by atoms with Gasteiger partial charge in [-0.2, -0.15) is 0 Å². The number of aliphatic hydroxyl groups is 1. The Hall–Kier alpha value is -0.890. The summed E-state index contributed by atoms with van der Waals surface area (Å²) < 4.78 is 12.5. The van der Waals surface area contributed by atoms with Crippen LogP contribution in [-0.4, -0.2) is 11.7 Å². The molecule has 0 heterocycles. The predicted molar refractivity (Wildman–Crippen MR) is 44.3 cm³/mol. The topological polar surface area (TPSA) is 20.2 Å². The zero-order valence-electron chi connectivity index (χ0n) is 6.70. The van der Waals surface area contributed by atoms with Crippen LogP contribution in [0.25, 0.3) is 0 Å². The summed E-state index contributed by atoms with van der Waals surface area (Å²) in [6.45, 7) is 0.252. The molecule has 1 N–H and O–H groups in total. The number of rotatable bonds is 2. The van der Waals surface area contributed by atoms with Gasteiger partial charge < -0.3 is 5.11 Å². The number of hydrogen-bond acceptors (Lipinski definition) is 1. The highest BCUT2D eigenvalue weighted by atomic mass is 19.1. The van der Waals surface area contributed by atoms with Crippen LogP contribution in [0.1, 0.15) is 17.9 Å². The van der Waals surface area contributed by atoms with E-state index in [1.54, 1.807) is 12.1 Å². The summed E-state index contributed by atoms with van der Waals surface area (Å²) in [5.41, 5.74) is 1.15. The van der Waals surface area contributed by atoms with Gasteiger partial charge in [0.05, 0.1) is 0 Å². The lowest BCUT2D eigenvalue weighted by Gasteiger charge is -1.97. The van der Waals surface area contributed by atoms with Crippen molar-refractivity contribution in [2.45, 2.75) is 12.3 Å². The Labute approximate surface area is 70.8 Å². The summed E-state index contributed by atoms with van der Waals surface area (Å²) in [7, 11) is 0. The van der Waals surface area contributed by atoms with E-state index in [1.807, 2.05) is 0 Å². The first-order valence-electron chi connectivity index (χ1n) is 4.17. The summed E-state index contributed by atoms with van der Waals surface area (Å²) >= 11 is 0. The van der Waals surface area contributed by atoms with E-state index in [9.17, 15) is 4.39 Å². The van der Waals surface area contributed by atoms with Crippen molar-refractivity contribution >= 4 is 0 Å². The van der Waals surface area contributed by atoms with Gasteiger partial charge in [-0.15, -0.1) is 0 Å². The third-order valence-electron chi connectivity index (χ3n) is 2.46. The van der Waals surface area contributed by atoms with Gasteiger partial charge in [0.15, 0.2) is 0 Å². The largest absolute Gasteiger partial charge is 0.396 e. The van der Waals surface area contributed by atoms with Gasteiger partial charge >= 0.3 is 0 Å². The van der Waals surface area contributed by atoms with Crippen LogP contribution in [0.15, 0.2) is 24.3 Å². The van der Waals surface area contributed by atoms with Gasteiger partial charge in [0, 0.05) is 6.61 Å². The van der Waals surface area contributed by atoms with Crippen molar-refractivity contribution < 1.29 is 9.50 Å². The molecule has 12 heavy (non-hydrogen) atoms. The molecule has 2 atom stereocenters. The van der Waals surface area contributed by atoms with Gasteiger partial charge in [0.25, 0.3) is 0 Å². The van der Waals surface area contributed by atoms with Crippen LogP contribution < -0.4 is 0 Å². The Morgan fingerprint density at radius 3 is 2.50 bits per heavy atom. The van der Waals surface area contributed by atoms with Gasteiger partial charge in [-0.05, 0) is 36.0 Å². The van der Waals surface area contributed by atoms with Crippen molar-refractivity contribution in [2.75, 3.05) is 6.61 Å². The molecule has 1 saturated carbocycles. The van der Waals surface area contributed by atoms with Crippen molar-refractivity contribution in [3.05, 3.63) is 35.6 Å². The summed E-state index contributed by atoms with van der Waals surface area (Å²) in [6, 6.07) is 6.55. The Kier molecular flexibility index (Phi) is 1.85. The Morgan fingerprint density at radius 2 is 2.00 bits per heavy atom. The van der Waals surface area contributed by atoms with E-state index >= 15 is 0 Å². The van der Waals surface area contributed by atoms with E-state index < -0.39 is 0 Å². The highest BCUT2D eigenvalue weighted by molar-refractivity contribution is 5.26. The first kappa shape index (κ1) is 7.74. The lowest BCUT2D eigenvalue weighted by atomic mass is 10.1. The predicted octanol–water partition coefficient (Wildman–Crippen LogP) is 1.92. The fourth-order valence-corrected chi connectivity index (χ4v) is 1.57. The molecule has 2 unspecified atom stereocenters. The number of halogens is 1. The van der Waals surface area contributed by atoms with Crippen molar-refractivity contribution in [3.8, 4) is 0 Å². The minimum atomic E-state index is -0.194. The molecule has 0 spiro atoms. The van der Waals surface area contributed by atoms with Crippen LogP contribution >= 0.6 is 0 Å². The van der Waals surface area contributed by atoms with Gasteiger partial charge in [-0.25, -0.2) is 4.39 Å². The van der Waals surface area contributed by atoms with E-state index in [2.05, 4.69) is 0 Å². The van der Waals surface area contributed by atoms with E-state index in [0.29, 0.717) is 11.8 Å². The van der Waals surface area contributed by atoms with E-state index in [4.69, 9.17) is 5.11 Å². The van der Waals surface area contributed by atoms with Crippen LogP contribution in [0.4, 0.5) is 4.39 Å². The molecule has 2 heteroatoms. The molecule has 1 nitrogen and oxygen atoms in total. The molecule has 0 saturated heterocycles. The normalized spacial score (nSPS) is 27.2. The molecule has 0 bridgehead atoms. The van der Waals surface area contributed by atoms with Crippen LogP contribution in [0.3, 0.4) is 0 Å². The smallest absolute Gasteiger partial charge is 0.123 e. The van der Waals surface area contributed by atoms with Gasteiger partial charge in [0.2, 0.25) is 0 Å². The second kappa shape index (κ2) is 2.87. The zero-order valence-corrected chi connectivity index (χ0v) is 6.70. The van der Waals surface area contributed by atoms with Gasteiger partial charge in [-0.1, -0.05) is 12.1 Å². The van der Waals surface area contributed by atoms with Crippen molar-refractivity contribution in [3.63, 3.8) is 0 Å². The molecule has 0 aliphatic heterocycles. The standard InChI is InChI=1S/C10H11FO/c11-9-3-1-7(2-4-9)10-5-8(10)6-12/h1-4,8,10,12H,5-6H2. The fraction of sp³-hybridized carbons (Fsp3) is 0.400. The third kappa shape index (κ3) is 1.34. The van der Waals surface area contributed by atoms with E-state index in [-0.39, 0.29) is 12.4 Å². The van der Waals surface area contributed by atoms with Gasteiger partial charge in [0.1, 0.15) is 5.82 Å². The molecule has 1 fully saturated rings. The van der Waals surface area contributed by atoms with E-state index in [0.717, 1.165) is 12.0 Å². The van der Waals surface area contributed by atoms with Crippen LogP contribution in [0, 0.1) is 11.7 Å². The average molecular weight is 166 g/mol. The van der Waals surface area contributed by atoms with Gasteiger partial charge in [-0.3, -0.25) is 0 Å². The molecule has 1 aromatic carbocycles. The maximum absolute atomic E-state index is 12.5. The third-order valence-corrected chi connectivity index (χ3v) is 2.46. The minimum Gasteiger partial charge on any atom is -0.396 e. The molecule has 1 aromatic rings. The Bertz CT molecular complexity index is 268. The summed E-state index contributed by atoms with van der Waals surface area (Å²) in [4.78, 5) is 0. The zero-order chi connectivity index (χ0) is 8.55. The average Bonchev–Trinajstić information content (AvgIpc) is 2.85. The van der Waals surface area contributed by atoms with Crippen LogP contribution in [-0.2, 0) is 0 Å². The molecule has 0 amide bonds. The van der Waals surface area contributed by atoms with Crippen molar-refractivity contribution in [2.24, 2.45) is 5.92 Å². The second-order valence-electron chi connectivity index (χ2n) is 3.34. The summed E-state index contributed by atoms with van der Waals surface area (Å²) in [5, 5.41) is 8.82. The molecular formula is C10H11FO. The SMILES string of the molecule is OCC1CC1c1ccc(F)cc1. The summed E-state index contributed by atoms with van der Waals surface area (Å²) in [6.07, 6.45) is 1.04. The number of benzene rings is 1. The van der Waals surface area contributed by atoms with Crippen molar-refractivity contribution in [1.29, 1.82) is 0 Å². The Balaban J connectivity index is 2.10. The minimum absolute atomic E-state index is 0.194. The molecule has 64 valence electrons. The number of hydrogen-bond donors (Lipinski definition) is 1. The number of aliphatic hydroxyl groups excluding tert-OH is 1. The molecule has 1 aliphatic rings. The van der Waals surface area contributed by atoms with Crippen LogP contribution in [0.5, 0.6) is 0 Å². The monoisotopic (exact) mass is 166 g/mol. The highest BCUT2D eigenvalue weighted by Gasteiger charge is 2.37. The second-order valence-corrected chi connectivity index (χ2v) is 3.34. The lowest BCUT2D eigenvalue weighted by Crippen LogP contribution is -1.88. The fourth-order valence-electron chi connectivity index (χ4n) is 1.57. The highest BCUT2D eigenvalue weighted by Crippen LogP contribution is 2.46. The Morgan fingerprint density at radius 1 is 1.33 bits per heavy atom. The van der Waals surface area contributed by atoms with Crippen LogP contribution in [0.2, 0.25) is 0 Å². The maximum Gasteiger partial charge on any atom is 0.123 e. The lowest BCUT2D eigenvalue weighted by molar-refractivity contribution is 0.274. The quantitative estimate of drug-likeness (QED) is 0.711. The molecular weight excluding hydrogens is 155 g/mol. The van der Waals surface area contributed by atoms with Crippen molar-refractivity contribution in [1.82, 2.24) is 0 Å². The van der Waals surface area contributed by atoms with E-state index in [1.165, 1.54) is 12.1 Å². The summed E-state index contributed by atoms with van der Waals surface area (Å²) in [5.74, 6) is 0.686. The molecule has 0 radical (unpaired) electrons. The first-order valence-corrected chi connectivity index (χ1v) is 4.17. The molecule has 0 aromatic heterocycles. The maximum atomic E-state index is 12.5.